The van der Waals surface area contributed by atoms with E-state index in [2.05, 4.69) is 19.2 Å². The van der Waals surface area contributed by atoms with E-state index in [1.54, 1.807) is 0 Å². The summed E-state index contributed by atoms with van der Waals surface area (Å²) in [5.41, 5.74) is 7.02. The van der Waals surface area contributed by atoms with E-state index in [0.717, 1.165) is 18.0 Å². The zero-order valence-electron chi connectivity index (χ0n) is 10.4. The van der Waals surface area contributed by atoms with Crippen LogP contribution in [-0.2, 0) is 0 Å². The van der Waals surface area contributed by atoms with Gasteiger partial charge in [0.1, 0.15) is 5.75 Å². The van der Waals surface area contributed by atoms with Gasteiger partial charge in [0.05, 0.1) is 6.61 Å². The standard InChI is InChI=1S/C13H22N2O/c1-4-16-12-7-5-6-11(8-12)15-9-13(14)10(2)3/h5-8,10,13,15H,4,9,14H2,1-3H3. The maximum absolute atomic E-state index is 5.97. The fraction of sp³-hybridized carbons (Fsp3) is 0.538. The molecule has 1 aromatic rings. The molecule has 1 aromatic carbocycles. The zero-order chi connectivity index (χ0) is 12.0. The predicted molar refractivity (Wildman–Crippen MR) is 68.9 cm³/mol. The topological polar surface area (TPSA) is 47.3 Å². The average Bonchev–Trinajstić information content (AvgIpc) is 2.26. The first kappa shape index (κ1) is 12.8. The molecule has 1 atom stereocenters. The summed E-state index contributed by atoms with van der Waals surface area (Å²) in [6, 6.07) is 8.13. The van der Waals surface area contributed by atoms with Crippen LogP contribution in [0.25, 0.3) is 0 Å². The number of hydrogen-bond donors (Lipinski definition) is 2. The SMILES string of the molecule is CCOc1cccc(NCC(N)C(C)C)c1. The molecule has 0 spiro atoms. The van der Waals surface area contributed by atoms with Crippen molar-refractivity contribution in [1.29, 1.82) is 0 Å². The van der Waals surface area contributed by atoms with Crippen LogP contribution in [0.4, 0.5) is 5.69 Å². The van der Waals surface area contributed by atoms with Gasteiger partial charge in [-0.05, 0) is 25.0 Å². The first-order valence-corrected chi connectivity index (χ1v) is 5.85. The number of ether oxygens (including phenoxy) is 1. The van der Waals surface area contributed by atoms with E-state index in [1.165, 1.54) is 0 Å². The molecule has 0 aliphatic rings. The predicted octanol–water partition coefficient (Wildman–Crippen LogP) is 2.48. The van der Waals surface area contributed by atoms with E-state index in [-0.39, 0.29) is 6.04 Å². The molecule has 0 heterocycles. The van der Waals surface area contributed by atoms with Gasteiger partial charge < -0.3 is 15.8 Å². The molecule has 3 N–H and O–H groups in total. The summed E-state index contributed by atoms with van der Waals surface area (Å²) in [5.74, 6) is 1.38. The van der Waals surface area contributed by atoms with Gasteiger partial charge in [-0.15, -0.1) is 0 Å². The van der Waals surface area contributed by atoms with Gasteiger partial charge in [-0.1, -0.05) is 19.9 Å². The van der Waals surface area contributed by atoms with Crippen molar-refractivity contribution in [3.05, 3.63) is 24.3 Å². The fourth-order valence-corrected chi connectivity index (χ4v) is 1.33. The number of anilines is 1. The van der Waals surface area contributed by atoms with Crippen LogP contribution >= 0.6 is 0 Å². The van der Waals surface area contributed by atoms with Gasteiger partial charge in [0.15, 0.2) is 0 Å². The number of nitrogens with two attached hydrogens (primary N) is 1. The molecule has 1 rings (SSSR count). The summed E-state index contributed by atoms with van der Waals surface area (Å²) < 4.78 is 5.43. The van der Waals surface area contributed by atoms with Crippen molar-refractivity contribution < 1.29 is 4.74 Å². The van der Waals surface area contributed by atoms with Crippen LogP contribution in [0.3, 0.4) is 0 Å². The highest BCUT2D eigenvalue weighted by atomic mass is 16.5. The second kappa shape index (κ2) is 6.38. The maximum Gasteiger partial charge on any atom is 0.121 e. The molecule has 0 amide bonds. The summed E-state index contributed by atoms with van der Waals surface area (Å²) in [6.45, 7) is 7.71. The van der Waals surface area contributed by atoms with Crippen LogP contribution < -0.4 is 15.8 Å². The summed E-state index contributed by atoms with van der Waals surface area (Å²) in [5, 5.41) is 3.32. The molecule has 0 saturated carbocycles. The van der Waals surface area contributed by atoms with E-state index in [4.69, 9.17) is 10.5 Å². The lowest BCUT2D eigenvalue weighted by Gasteiger charge is -2.17. The third-order valence-electron chi connectivity index (χ3n) is 2.54. The van der Waals surface area contributed by atoms with Gasteiger partial charge in [0, 0.05) is 24.3 Å². The van der Waals surface area contributed by atoms with Gasteiger partial charge >= 0.3 is 0 Å². The second-order valence-electron chi connectivity index (χ2n) is 4.25. The lowest BCUT2D eigenvalue weighted by molar-refractivity contribution is 0.340. The Hall–Kier alpha value is -1.22. The molecular weight excluding hydrogens is 200 g/mol. The summed E-state index contributed by atoms with van der Waals surface area (Å²) in [4.78, 5) is 0. The van der Waals surface area contributed by atoms with Crippen molar-refractivity contribution in [3.8, 4) is 5.75 Å². The molecule has 0 aliphatic heterocycles. The van der Waals surface area contributed by atoms with Gasteiger partial charge in [0.25, 0.3) is 0 Å². The Kier molecular flexibility index (Phi) is 5.12. The number of nitrogens with one attached hydrogen (secondary N) is 1. The third kappa shape index (κ3) is 4.11. The molecule has 0 radical (unpaired) electrons. The van der Waals surface area contributed by atoms with Crippen molar-refractivity contribution in [2.75, 3.05) is 18.5 Å². The summed E-state index contributed by atoms with van der Waals surface area (Å²) in [7, 11) is 0. The maximum atomic E-state index is 5.97. The van der Waals surface area contributed by atoms with Crippen molar-refractivity contribution in [2.24, 2.45) is 11.7 Å². The Labute approximate surface area is 98.0 Å². The number of benzene rings is 1. The van der Waals surface area contributed by atoms with Crippen molar-refractivity contribution >= 4 is 5.69 Å². The van der Waals surface area contributed by atoms with Crippen LogP contribution in [0, 0.1) is 5.92 Å². The van der Waals surface area contributed by atoms with Gasteiger partial charge in [0.2, 0.25) is 0 Å². The largest absolute Gasteiger partial charge is 0.494 e. The first-order chi connectivity index (χ1) is 7.63. The van der Waals surface area contributed by atoms with E-state index in [0.29, 0.717) is 12.5 Å². The van der Waals surface area contributed by atoms with E-state index in [1.807, 2.05) is 31.2 Å². The Balaban J connectivity index is 2.50. The van der Waals surface area contributed by atoms with E-state index >= 15 is 0 Å². The Bertz CT molecular complexity index is 313. The van der Waals surface area contributed by atoms with E-state index in [9.17, 15) is 0 Å². The lowest BCUT2D eigenvalue weighted by Crippen LogP contribution is -2.33. The normalized spacial score (nSPS) is 12.6. The highest BCUT2D eigenvalue weighted by Crippen LogP contribution is 2.17. The van der Waals surface area contributed by atoms with Crippen molar-refractivity contribution in [3.63, 3.8) is 0 Å². The van der Waals surface area contributed by atoms with Crippen LogP contribution in [-0.4, -0.2) is 19.2 Å². The Morgan fingerprint density at radius 1 is 1.38 bits per heavy atom. The summed E-state index contributed by atoms with van der Waals surface area (Å²) in [6.07, 6.45) is 0. The molecular formula is C13H22N2O. The average molecular weight is 222 g/mol. The quantitative estimate of drug-likeness (QED) is 0.777. The van der Waals surface area contributed by atoms with Crippen LogP contribution in [0.1, 0.15) is 20.8 Å². The van der Waals surface area contributed by atoms with Crippen molar-refractivity contribution in [1.82, 2.24) is 0 Å². The minimum atomic E-state index is 0.177. The molecule has 16 heavy (non-hydrogen) atoms. The van der Waals surface area contributed by atoms with Gasteiger partial charge in [-0.2, -0.15) is 0 Å². The molecule has 0 aliphatic carbocycles. The smallest absolute Gasteiger partial charge is 0.121 e. The second-order valence-corrected chi connectivity index (χ2v) is 4.25. The minimum Gasteiger partial charge on any atom is -0.494 e. The zero-order valence-corrected chi connectivity index (χ0v) is 10.4. The monoisotopic (exact) mass is 222 g/mol. The third-order valence-corrected chi connectivity index (χ3v) is 2.54. The minimum absolute atomic E-state index is 0.177. The fourth-order valence-electron chi connectivity index (χ4n) is 1.33. The summed E-state index contributed by atoms with van der Waals surface area (Å²) >= 11 is 0. The first-order valence-electron chi connectivity index (χ1n) is 5.85. The van der Waals surface area contributed by atoms with Crippen LogP contribution in [0.15, 0.2) is 24.3 Å². The number of rotatable bonds is 6. The van der Waals surface area contributed by atoms with Crippen LogP contribution in [0.2, 0.25) is 0 Å². The lowest BCUT2D eigenvalue weighted by atomic mass is 10.1. The van der Waals surface area contributed by atoms with Crippen molar-refractivity contribution in [2.45, 2.75) is 26.8 Å². The number of hydrogen-bond acceptors (Lipinski definition) is 3. The molecule has 90 valence electrons. The molecule has 0 saturated heterocycles. The van der Waals surface area contributed by atoms with E-state index < -0.39 is 0 Å². The Morgan fingerprint density at radius 3 is 2.75 bits per heavy atom. The van der Waals surface area contributed by atoms with Gasteiger partial charge in [-0.3, -0.25) is 0 Å². The molecule has 0 fully saturated rings. The highest BCUT2D eigenvalue weighted by molar-refractivity contribution is 5.48. The highest BCUT2D eigenvalue weighted by Gasteiger charge is 2.06. The molecule has 3 heteroatoms. The molecule has 3 nitrogen and oxygen atoms in total. The van der Waals surface area contributed by atoms with Gasteiger partial charge in [-0.25, -0.2) is 0 Å². The molecule has 0 bridgehead atoms. The van der Waals surface area contributed by atoms with Crippen LogP contribution in [0.5, 0.6) is 5.75 Å². The molecule has 1 unspecified atom stereocenters. The Morgan fingerprint density at radius 2 is 2.12 bits per heavy atom. The molecule has 0 aromatic heterocycles.